The fraction of sp³-hybridized carbons (Fsp3) is 0.286. The SMILES string of the molecule is C=CCOc1cc(C(=O)OC)cc2c1nc(CN1CCC(c3cccc(OCc4ccc(C#N)cc4F)n3)CC1)n2Cc1cncs1. The molecule has 1 aliphatic heterocycles. The van der Waals surface area contributed by atoms with Crippen molar-refractivity contribution < 1.29 is 23.4 Å². The molecule has 47 heavy (non-hydrogen) atoms. The number of esters is 1. The summed E-state index contributed by atoms with van der Waals surface area (Å²) in [4.78, 5) is 30.0. The second-order valence-corrected chi connectivity index (χ2v) is 12.1. The van der Waals surface area contributed by atoms with Gasteiger partial charge in [0.1, 0.15) is 36.1 Å². The lowest BCUT2D eigenvalue weighted by molar-refractivity contribution is 0.0600. The number of likely N-dealkylation sites (tertiary alicyclic amines) is 1. The quantitative estimate of drug-likeness (QED) is 0.114. The fourth-order valence-electron chi connectivity index (χ4n) is 5.72. The number of ether oxygens (including phenoxy) is 3. The topological polar surface area (TPSA) is 115 Å². The molecule has 1 fully saturated rings. The van der Waals surface area contributed by atoms with E-state index in [4.69, 9.17) is 29.4 Å². The number of thiazole rings is 1. The molecule has 5 aromatic rings. The number of nitrogens with zero attached hydrogens (tertiary/aromatic N) is 6. The first-order valence-corrected chi connectivity index (χ1v) is 16.1. The molecule has 10 nitrogen and oxygen atoms in total. The van der Waals surface area contributed by atoms with Crippen LogP contribution < -0.4 is 9.47 Å². The molecule has 0 amide bonds. The van der Waals surface area contributed by atoms with Gasteiger partial charge in [-0.05, 0) is 56.3 Å². The van der Waals surface area contributed by atoms with Crippen molar-refractivity contribution in [3.05, 3.63) is 112 Å². The van der Waals surface area contributed by atoms with E-state index in [1.807, 2.05) is 30.5 Å². The van der Waals surface area contributed by atoms with Crippen LogP contribution in [0.15, 0.2) is 72.9 Å². The van der Waals surface area contributed by atoms with Gasteiger partial charge in [0.05, 0.1) is 48.4 Å². The van der Waals surface area contributed by atoms with Crippen LogP contribution in [0.1, 0.15) is 56.6 Å². The monoisotopic (exact) mass is 652 g/mol. The van der Waals surface area contributed by atoms with Gasteiger partial charge in [-0.1, -0.05) is 24.8 Å². The van der Waals surface area contributed by atoms with Gasteiger partial charge in [-0.15, -0.1) is 11.3 Å². The Bertz CT molecular complexity index is 1930. The number of methoxy groups -OCH3 is 1. The van der Waals surface area contributed by atoms with Crippen LogP contribution in [0.5, 0.6) is 11.6 Å². The molecule has 4 heterocycles. The fourth-order valence-corrected chi connectivity index (χ4v) is 6.30. The first kappa shape index (κ1) is 31.8. The minimum Gasteiger partial charge on any atom is -0.487 e. The summed E-state index contributed by atoms with van der Waals surface area (Å²) in [5, 5.41) is 8.98. The Morgan fingerprint density at radius 3 is 2.72 bits per heavy atom. The van der Waals surface area contributed by atoms with Crippen molar-refractivity contribution in [2.24, 2.45) is 0 Å². The molecule has 1 aliphatic rings. The molecule has 1 saturated heterocycles. The zero-order chi connectivity index (χ0) is 32.8. The highest BCUT2D eigenvalue weighted by molar-refractivity contribution is 7.09. The summed E-state index contributed by atoms with van der Waals surface area (Å²) < 4.78 is 33.2. The highest BCUT2D eigenvalue weighted by atomic mass is 32.1. The van der Waals surface area contributed by atoms with E-state index < -0.39 is 11.8 Å². The molecule has 240 valence electrons. The maximum atomic E-state index is 14.3. The Morgan fingerprint density at radius 2 is 2.00 bits per heavy atom. The van der Waals surface area contributed by atoms with Crippen molar-refractivity contribution in [1.29, 1.82) is 5.26 Å². The van der Waals surface area contributed by atoms with E-state index >= 15 is 0 Å². The minimum atomic E-state index is -0.474. The van der Waals surface area contributed by atoms with Gasteiger partial charge in [0.25, 0.3) is 0 Å². The Morgan fingerprint density at radius 1 is 1.15 bits per heavy atom. The Balaban J connectivity index is 1.18. The van der Waals surface area contributed by atoms with Crippen LogP contribution in [-0.2, 0) is 24.4 Å². The number of nitriles is 1. The van der Waals surface area contributed by atoms with E-state index in [-0.39, 0.29) is 24.7 Å². The van der Waals surface area contributed by atoms with Crippen molar-refractivity contribution >= 4 is 28.3 Å². The van der Waals surface area contributed by atoms with Crippen molar-refractivity contribution in [2.45, 2.75) is 38.5 Å². The molecule has 0 unspecified atom stereocenters. The Kier molecular flexibility index (Phi) is 9.85. The minimum absolute atomic E-state index is 0.0242. The second kappa shape index (κ2) is 14.5. The molecule has 3 aromatic heterocycles. The van der Waals surface area contributed by atoms with Gasteiger partial charge < -0.3 is 18.8 Å². The van der Waals surface area contributed by atoms with Gasteiger partial charge in [-0.2, -0.15) is 5.26 Å². The molecule has 6 rings (SSSR count). The van der Waals surface area contributed by atoms with Gasteiger partial charge in [0.2, 0.25) is 5.88 Å². The predicted octanol–water partition coefficient (Wildman–Crippen LogP) is 6.26. The van der Waals surface area contributed by atoms with Crippen LogP contribution in [0.25, 0.3) is 11.0 Å². The Labute approximate surface area is 275 Å². The summed E-state index contributed by atoms with van der Waals surface area (Å²) in [5.74, 6) is 1.12. The predicted molar refractivity (Wildman–Crippen MR) is 175 cm³/mol. The maximum absolute atomic E-state index is 14.3. The van der Waals surface area contributed by atoms with Crippen molar-refractivity contribution in [3.8, 4) is 17.7 Å². The lowest BCUT2D eigenvalue weighted by Crippen LogP contribution is -2.33. The largest absolute Gasteiger partial charge is 0.487 e. The van der Waals surface area contributed by atoms with E-state index in [2.05, 4.69) is 21.0 Å². The van der Waals surface area contributed by atoms with Crippen LogP contribution in [0.4, 0.5) is 4.39 Å². The van der Waals surface area contributed by atoms with Crippen molar-refractivity contribution in [1.82, 2.24) is 24.4 Å². The standard InChI is InChI=1S/C35H33FN6O4S/c1-3-13-45-31-16-26(35(43)44-2)15-30-34(31)40-32(42(30)19-27-18-38-22-47-27)20-41-11-9-24(10-12-41)29-5-4-6-33(39-29)46-21-25-8-7-23(17-37)14-28(25)36/h3-8,14-16,18,22,24H,1,9-13,19-21H2,2H3. The average molecular weight is 653 g/mol. The van der Waals surface area contributed by atoms with Crippen molar-refractivity contribution in [2.75, 3.05) is 26.8 Å². The highest BCUT2D eigenvalue weighted by Gasteiger charge is 2.25. The maximum Gasteiger partial charge on any atom is 0.338 e. The molecule has 0 aliphatic carbocycles. The van der Waals surface area contributed by atoms with Crippen LogP contribution in [0.3, 0.4) is 0 Å². The summed E-state index contributed by atoms with van der Waals surface area (Å²) in [6, 6.07) is 15.4. The number of hydrogen-bond donors (Lipinski definition) is 0. The van der Waals surface area contributed by atoms with Gasteiger partial charge in [-0.25, -0.2) is 19.2 Å². The number of fused-ring (bicyclic) bond motifs is 1. The number of aromatic nitrogens is 4. The van der Waals surface area contributed by atoms with Crippen LogP contribution in [0.2, 0.25) is 0 Å². The number of piperidine rings is 1. The molecular formula is C35H33FN6O4S. The van der Waals surface area contributed by atoms with Crippen molar-refractivity contribution in [3.63, 3.8) is 0 Å². The lowest BCUT2D eigenvalue weighted by atomic mass is 9.93. The molecular weight excluding hydrogens is 619 g/mol. The number of benzene rings is 2. The smallest absolute Gasteiger partial charge is 0.338 e. The number of rotatable bonds is 12. The summed E-state index contributed by atoms with van der Waals surface area (Å²) >= 11 is 1.56. The first-order chi connectivity index (χ1) is 22.9. The van der Waals surface area contributed by atoms with E-state index in [0.29, 0.717) is 41.4 Å². The third-order valence-corrected chi connectivity index (χ3v) is 8.91. The summed E-state index contributed by atoms with van der Waals surface area (Å²) in [6.07, 6.45) is 5.30. The van der Waals surface area contributed by atoms with Crippen LogP contribution in [0, 0.1) is 17.1 Å². The molecule has 0 spiro atoms. The summed E-state index contributed by atoms with van der Waals surface area (Å²) in [5.41, 5.74) is 5.23. The molecule has 0 atom stereocenters. The third kappa shape index (κ3) is 7.32. The number of carbonyl (C=O) groups is 1. The number of halogens is 1. The van der Waals surface area contributed by atoms with Gasteiger partial charge in [-0.3, -0.25) is 9.88 Å². The van der Waals surface area contributed by atoms with Gasteiger partial charge in [0.15, 0.2) is 0 Å². The zero-order valence-corrected chi connectivity index (χ0v) is 26.7. The Hall–Kier alpha value is -5.12. The lowest BCUT2D eigenvalue weighted by Gasteiger charge is -2.31. The van der Waals surface area contributed by atoms with Gasteiger partial charge in [0, 0.05) is 34.3 Å². The molecule has 12 heteroatoms. The molecule has 2 aromatic carbocycles. The highest BCUT2D eigenvalue weighted by Crippen LogP contribution is 2.32. The van der Waals surface area contributed by atoms with E-state index in [1.165, 1.54) is 13.2 Å². The number of pyridine rings is 1. The van der Waals surface area contributed by atoms with Crippen LogP contribution >= 0.6 is 11.3 Å². The van der Waals surface area contributed by atoms with E-state index in [1.54, 1.807) is 47.2 Å². The summed E-state index contributed by atoms with van der Waals surface area (Å²) in [7, 11) is 1.36. The first-order valence-electron chi connectivity index (χ1n) is 15.2. The summed E-state index contributed by atoms with van der Waals surface area (Å²) in [6.45, 7) is 6.90. The molecule has 0 N–H and O–H groups in total. The molecule has 0 bridgehead atoms. The number of carbonyl (C=O) groups excluding carboxylic acids is 1. The van der Waals surface area contributed by atoms with E-state index in [9.17, 15) is 9.18 Å². The number of hydrogen-bond acceptors (Lipinski definition) is 10. The molecule has 0 saturated carbocycles. The zero-order valence-electron chi connectivity index (χ0n) is 25.9. The van der Waals surface area contributed by atoms with E-state index in [0.717, 1.165) is 47.8 Å². The van der Waals surface area contributed by atoms with Gasteiger partial charge >= 0.3 is 5.97 Å². The normalized spacial score (nSPS) is 13.7. The van der Waals surface area contributed by atoms with Crippen LogP contribution in [-0.4, -0.2) is 57.2 Å². The third-order valence-electron chi connectivity index (χ3n) is 8.15. The second-order valence-electron chi connectivity index (χ2n) is 11.2. The number of imidazole rings is 1. The molecule has 0 radical (unpaired) electrons. The average Bonchev–Trinajstić information content (AvgIpc) is 3.74.